The number of aromatic nitrogens is 1. The molecule has 0 unspecified atom stereocenters. The van der Waals surface area contributed by atoms with Crippen molar-refractivity contribution in [2.45, 2.75) is 12.0 Å². The second-order valence-electron chi connectivity index (χ2n) is 7.24. The molecule has 3 aromatic rings. The Hall–Kier alpha value is -3.87. The fraction of sp³-hybridized carbons (Fsp3) is 0.208. The first kappa shape index (κ1) is 20.4. The van der Waals surface area contributed by atoms with Crippen LogP contribution < -0.4 is 14.8 Å². The number of fused-ring (bicyclic) bond motifs is 1. The Morgan fingerprint density at radius 3 is 2.45 bits per heavy atom. The lowest BCUT2D eigenvalue weighted by Crippen LogP contribution is -2.44. The van der Waals surface area contributed by atoms with Crippen molar-refractivity contribution < 1.29 is 19.1 Å². The maximum Gasteiger partial charge on any atom is 0.254 e. The summed E-state index contributed by atoms with van der Waals surface area (Å²) < 4.78 is 10.8. The van der Waals surface area contributed by atoms with Gasteiger partial charge in [0.15, 0.2) is 11.5 Å². The number of ether oxygens (including phenoxy) is 2. The molecular formula is C24H23N3O4. The number of benzene rings is 2. The zero-order valence-corrected chi connectivity index (χ0v) is 17.5. The second-order valence-corrected chi connectivity index (χ2v) is 7.24. The average Bonchev–Trinajstić information content (AvgIpc) is 2.81. The first-order chi connectivity index (χ1) is 15.0. The molecule has 1 aromatic heterocycles. The number of methoxy groups -OCH3 is 2. The number of carbonyl (C=O) groups is 2. The molecule has 158 valence electrons. The second kappa shape index (κ2) is 8.47. The van der Waals surface area contributed by atoms with Gasteiger partial charge in [-0.25, -0.2) is 4.98 Å². The lowest BCUT2D eigenvalue weighted by atomic mass is 9.79. The Bertz CT molecular complexity index is 1120. The van der Waals surface area contributed by atoms with Crippen molar-refractivity contribution in [3.8, 4) is 11.5 Å². The molecule has 2 amide bonds. The number of hydrogen-bond donors (Lipinski definition) is 1. The number of likely N-dealkylation sites (N-methyl/N-ethyl adjacent to an activating group) is 1. The van der Waals surface area contributed by atoms with E-state index in [1.807, 2.05) is 24.3 Å². The van der Waals surface area contributed by atoms with Gasteiger partial charge in [-0.2, -0.15) is 0 Å². The highest BCUT2D eigenvalue weighted by atomic mass is 16.5. The van der Waals surface area contributed by atoms with Gasteiger partial charge in [-0.3, -0.25) is 9.59 Å². The molecule has 0 bridgehead atoms. The van der Waals surface area contributed by atoms with E-state index in [0.717, 1.165) is 5.56 Å². The van der Waals surface area contributed by atoms with E-state index in [2.05, 4.69) is 10.3 Å². The molecule has 2 atom stereocenters. The topological polar surface area (TPSA) is 80.8 Å². The molecule has 1 aliphatic heterocycles. The van der Waals surface area contributed by atoms with Crippen molar-refractivity contribution in [1.82, 2.24) is 9.88 Å². The molecule has 0 saturated heterocycles. The van der Waals surface area contributed by atoms with E-state index in [1.165, 1.54) is 0 Å². The third-order valence-electron chi connectivity index (χ3n) is 5.53. The van der Waals surface area contributed by atoms with Gasteiger partial charge in [0.05, 0.1) is 26.2 Å². The molecule has 7 nitrogen and oxygen atoms in total. The predicted octanol–water partition coefficient (Wildman–Crippen LogP) is 3.65. The Kier molecular flexibility index (Phi) is 5.58. The van der Waals surface area contributed by atoms with Crippen molar-refractivity contribution in [1.29, 1.82) is 0 Å². The number of anilines is 1. The minimum Gasteiger partial charge on any atom is -0.493 e. The SMILES string of the molecule is COc1ccc([C@@H]2[C@@H](C(=O)Nc3ccccn3)c3ccccc3C(=O)N2C)cc1OC. The van der Waals surface area contributed by atoms with Crippen LogP contribution in [0.5, 0.6) is 11.5 Å². The van der Waals surface area contributed by atoms with E-state index in [9.17, 15) is 9.59 Å². The van der Waals surface area contributed by atoms with Gasteiger partial charge in [0.1, 0.15) is 5.82 Å². The molecular weight excluding hydrogens is 394 g/mol. The average molecular weight is 417 g/mol. The highest BCUT2D eigenvalue weighted by Gasteiger charge is 2.42. The molecule has 0 radical (unpaired) electrons. The summed E-state index contributed by atoms with van der Waals surface area (Å²) in [7, 11) is 4.83. The van der Waals surface area contributed by atoms with Crippen LogP contribution in [0, 0.1) is 0 Å². The Morgan fingerprint density at radius 1 is 1.00 bits per heavy atom. The first-order valence-electron chi connectivity index (χ1n) is 9.85. The van der Waals surface area contributed by atoms with E-state index < -0.39 is 12.0 Å². The summed E-state index contributed by atoms with van der Waals surface area (Å²) >= 11 is 0. The molecule has 0 saturated carbocycles. The smallest absolute Gasteiger partial charge is 0.254 e. The standard InChI is InChI=1S/C24H23N3O4/c1-27-22(15-11-12-18(30-2)19(14-15)31-3)21(16-8-4-5-9-17(16)24(27)29)23(28)26-20-10-6-7-13-25-20/h4-14,21-22H,1-3H3,(H,25,26,28)/t21-,22+/m0/s1. The lowest BCUT2D eigenvalue weighted by Gasteiger charge is -2.39. The van der Waals surface area contributed by atoms with Crippen molar-refractivity contribution >= 4 is 17.6 Å². The van der Waals surface area contributed by atoms with E-state index in [4.69, 9.17) is 9.47 Å². The van der Waals surface area contributed by atoms with E-state index in [-0.39, 0.29) is 11.8 Å². The third-order valence-corrected chi connectivity index (χ3v) is 5.53. The zero-order chi connectivity index (χ0) is 22.0. The van der Waals surface area contributed by atoms with Gasteiger partial charge in [-0.1, -0.05) is 30.3 Å². The minimum absolute atomic E-state index is 0.141. The lowest BCUT2D eigenvalue weighted by molar-refractivity contribution is -0.119. The van der Waals surface area contributed by atoms with Crippen LogP contribution >= 0.6 is 0 Å². The quantitative estimate of drug-likeness (QED) is 0.685. The van der Waals surface area contributed by atoms with Gasteiger partial charge >= 0.3 is 0 Å². The molecule has 4 rings (SSSR count). The Morgan fingerprint density at radius 2 is 1.74 bits per heavy atom. The molecule has 0 aliphatic carbocycles. The Balaban J connectivity index is 1.83. The number of pyridine rings is 1. The van der Waals surface area contributed by atoms with Crippen molar-refractivity contribution in [2.75, 3.05) is 26.6 Å². The number of carbonyl (C=O) groups excluding carboxylic acids is 2. The highest BCUT2D eigenvalue weighted by Crippen LogP contribution is 2.44. The van der Waals surface area contributed by atoms with Crippen LogP contribution in [-0.2, 0) is 4.79 Å². The molecule has 31 heavy (non-hydrogen) atoms. The number of rotatable bonds is 5. The molecule has 0 fully saturated rings. The van der Waals surface area contributed by atoms with Crippen LogP contribution in [0.15, 0.2) is 66.9 Å². The van der Waals surface area contributed by atoms with E-state index >= 15 is 0 Å². The van der Waals surface area contributed by atoms with Crippen LogP contribution in [0.2, 0.25) is 0 Å². The van der Waals surface area contributed by atoms with Gasteiger partial charge in [-0.05, 0) is 41.5 Å². The predicted molar refractivity (Wildman–Crippen MR) is 116 cm³/mol. The molecule has 0 spiro atoms. The summed E-state index contributed by atoms with van der Waals surface area (Å²) in [4.78, 5) is 32.4. The van der Waals surface area contributed by atoms with Crippen LogP contribution in [0.1, 0.15) is 33.4 Å². The highest BCUT2D eigenvalue weighted by molar-refractivity contribution is 6.04. The number of nitrogens with one attached hydrogen (secondary N) is 1. The number of amides is 2. The zero-order valence-electron chi connectivity index (χ0n) is 17.5. The summed E-state index contributed by atoms with van der Waals surface area (Å²) in [6.07, 6.45) is 1.62. The van der Waals surface area contributed by atoms with Gasteiger partial charge in [-0.15, -0.1) is 0 Å². The fourth-order valence-electron chi connectivity index (χ4n) is 4.05. The van der Waals surface area contributed by atoms with Crippen molar-refractivity contribution in [3.63, 3.8) is 0 Å². The first-order valence-corrected chi connectivity index (χ1v) is 9.85. The van der Waals surface area contributed by atoms with E-state index in [0.29, 0.717) is 28.4 Å². The number of nitrogens with zero attached hydrogens (tertiary/aromatic N) is 2. The van der Waals surface area contributed by atoms with Crippen LogP contribution in [0.3, 0.4) is 0 Å². The van der Waals surface area contributed by atoms with Gasteiger partial charge in [0, 0.05) is 18.8 Å². The van der Waals surface area contributed by atoms with Crippen LogP contribution in [0.4, 0.5) is 5.82 Å². The largest absolute Gasteiger partial charge is 0.493 e. The maximum atomic E-state index is 13.5. The van der Waals surface area contributed by atoms with Crippen molar-refractivity contribution in [2.24, 2.45) is 0 Å². The summed E-state index contributed by atoms with van der Waals surface area (Å²) in [6, 6.07) is 17.4. The van der Waals surface area contributed by atoms with Crippen molar-refractivity contribution in [3.05, 3.63) is 83.6 Å². The molecule has 1 aliphatic rings. The van der Waals surface area contributed by atoms with Gasteiger partial charge in [0.2, 0.25) is 5.91 Å². The Labute approximate surface area is 180 Å². The van der Waals surface area contributed by atoms with E-state index in [1.54, 1.807) is 68.8 Å². The summed E-state index contributed by atoms with van der Waals surface area (Å²) in [5.41, 5.74) is 1.96. The number of hydrogen-bond acceptors (Lipinski definition) is 5. The molecule has 2 heterocycles. The fourth-order valence-corrected chi connectivity index (χ4v) is 4.05. The summed E-state index contributed by atoms with van der Waals surface area (Å²) in [5, 5.41) is 2.89. The van der Waals surface area contributed by atoms with Crippen LogP contribution in [0.25, 0.3) is 0 Å². The van der Waals surface area contributed by atoms with Crippen LogP contribution in [-0.4, -0.2) is 43.0 Å². The third kappa shape index (κ3) is 3.70. The molecule has 1 N–H and O–H groups in total. The summed E-state index contributed by atoms with van der Waals surface area (Å²) in [6.45, 7) is 0. The molecule has 7 heteroatoms. The summed E-state index contributed by atoms with van der Waals surface area (Å²) in [5.74, 6) is 0.534. The van der Waals surface area contributed by atoms with Gasteiger partial charge < -0.3 is 19.7 Å². The minimum atomic E-state index is -0.640. The monoisotopic (exact) mass is 417 g/mol. The van der Waals surface area contributed by atoms with Gasteiger partial charge in [0.25, 0.3) is 5.91 Å². The molecule has 2 aromatic carbocycles. The normalized spacial score (nSPS) is 17.6. The maximum absolute atomic E-state index is 13.5.